The molecule has 1 aromatic carbocycles. The van der Waals surface area contributed by atoms with Crippen molar-refractivity contribution in [2.75, 3.05) is 0 Å². The van der Waals surface area contributed by atoms with Gasteiger partial charge in [-0.15, -0.1) is 5.10 Å². The molecule has 3 rings (SSSR count). The fourth-order valence-corrected chi connectivity index (χ4v) is 3.09. The van der Waals surface area contributed by atoms with E-state index in [1.807, 2.05) is 20.8 Å². The molecule has 1 aromatic heterocycles. The molecule has 1 aliphatic rings. The Morgan fingerprint density at radius 2 is 2.08 bits per heavy atom. The van der Waals surface area contributed by atoms with Crippen LogP contribution in [-0.2, 0) is 10.3 Å². The second kappa shape index (κ2) is 5.91. The number of nitrogens with zero attached hydrogens (tertiary/aromatic N) is 3. The first-order valence-corrected chi connectivity index (χ1v) is 8.35. The Labute approximate surface area is 145 Å². The molecular weight excluding hydrogens is 323 g/mol. The maximum atomic E-state index is 14.7. The molecule has 2 aromatic rings. The molecule has 7 heteroatoms. The molecule has 1 atom stereocenters. The molecule has 1 aliphatic carbocycles. The Bertz CT molecular complexity index is 808. The monoisotopic (exact) mass is 346 g/mol. The molecular formula is C18H23FN4O2. The second-order valence-corrected chi connectivity index (χ2v) is 8.02. The number of carbonyl (C=O) groups is 1. The van der Waals surface area contributed by atoms with E-state index in [2.05, 4.69) is 10.3 Å². The molecule has 1 heterocycles. The van der Waals surface area contributed by atoms with Gasteiger partial charge in [0.1, 0.15) is 17.1 Å². The standard InChI is InChI=1S/C18H23FN4O2/c1-17(2,3)10-18(20,16(24)25)13-7-4-11(8-14(13)19)15-9-23(22-21-15)12-5-6-12/h4,7-9,12H,5-6,10,20H2,1-3H3,(H,24,25)/t18-/m1/s1. The molecule has 25 heavy (non-hydrogen) atoms. The van der Waals surface area contributed by atoms with E-state index in [0.717, 1.165) is 12.8 Å². The van der Waals surface area contributed by atoms with E-state index in [1.165, 1.54) is 12.1 Å². The first kappa shape index (κ1) is 17.5. The van der Waals surface area contributed by atoms with Gasteiger partial charge in [0, 0.05) is 11.1 Å². The Morgan fingerprint density at radius 3 is 2.60 bits per heavy atom. The Morgan fingerprint density at radius 1 is 1.40 bits per heavy atom. The summed E-state index contributed by atoms with van der Waals surface area (Å²) < 4.78 is 16.5. The summed E-state index contributed by atoms with van der Waals surface area (Å²) in [5.41, 5.74) is 5.06. The van der Waals surface area contributed by atoms with Crippen LogP contribution in [0.2, 0.25) is 0 Å². The summed E-state index contributed by atoms with van der Waals surface area (Å²) in [6.45, 7) is 5.63. The van der Waals surface area contributed by atoms with Crippen molar-refractivity contribution < 1.29 is 14.3 Å². The van der Waals surface area contributed by atoms with Crippen molar-refractivity contribution in [1.82, 2.24) is 15.0 Å². The van der Waals surface area contributed by atoms with E-state index in [1.54, 1.807) is 16.9 Å². The maximum absolute atomic E-state index is 14.7. The maximum Gasteiger partial charge on any atom is 0.328 e. The lowest BCUT2D eigenvalue weighted by Crippen LogP contribution is -2.48. The average Bonchev–Trinajstić information content (AvgIpc) is 3.22. The van der Waals surface area contributed by atoms with Crippen molar-refractivity contribution in [2.45, 2.75) is 51.6 Å². The van der Waals surface area contributed by atoms with Gasteiger partial charge in [0.25, 0.3) is 0 Å². The molecule has 6 nitrogen and oxygen atoms in total. The van der Waals surface area contributed by atoms with E-state index >= 15 is 0 Å². The highest BCUT2D eigenvalue weighted by molar-refractivity contribution is 5.81. The molecule has 0 amide bonds. The number of halogens is 1. The first-order chi connectivity index (χ1) is 11.6. The number of aliphatic carboxylic acids is 1. The van der Waals surface area contributed by atoms with Crippen molar-refractivity contribution in [3.05, 3.63) is 35.8 Å². The Balaban J connectivity index is 1.95. The Hall–Kier alpha value is -2.28. The van der Waals surface area contributed by atoms with Crippen molar-refractivity contribution in [3.8, 4) is 11.3 Å². The summed E-state index contributed by atoms with van der Waals surface area (Å²) in [5, 5.41) is 17.7. The van der Waals surface area contributed by atoms with Crippen molar-refractivity contribution in [1.29, 1.82) is 0 Å². The van der Waals surface area contributed by atoms with Crippen LogP contribution in [0.3, 0.4) is 0 Å². The van der Waals surface area contributed by atoms with E-state index in [-0.39, 0.29) is 17.4 Å². The lowest BCUT2D eigenvalue weighted by atomic mass is 9.76. The van der Waals surface area contributed by atoms with Crippen LogP contribution in [0.5, 0.6) is 0 Å². The summed E-state index contributed by atoms with van der Waals surface area (Å²) in [7, 11) is 0. The Kier molecular flexibility index (Phi) is 4.15. The molecule has 0 unspecified atom stereocenters. The van der Waals surface area contributed by atoms with Crippen LogP contribution < -0.4 is 5.73 Å². The van der Waals surface area contributed by atoms with Gasteiger partial charge in [-0.25, -0.2) is 13.9 Å². The zero-order chi connectivity index (χ0) is 18.4. The molecule has 0 spiro atoms. The predicted octanol–water partition coefficient (Wildman–Crippen LogP) is 3.09. The minimum atomic E-state index is -1.79. The summed E-state index contributed by atoms with van der Waals surface area (Å²) >= 11 is 0. The SMILES string of the molecule is CC(C)(C)C[C@](N)(C(=O)O)c1ccc(-c2cn(C3CC3)nn2)cc1F. The number of hydrogen-bond donors (Lipinski definition) is 2. The van der Waals surface area contributed by atoms with Crippen molar-refractivity contribution in [2.24, 2.45) is 11.1 Å². The summed E-state index contributed by atoms with van der Waals surface area (Å²) in [4.78, 5) is 11.8. The van der Waals surface area contributed by atoms with Crippen LogP contribution in [-0.4, -0.2) is 26.1 Å². The fourth-order valence-electron chi connectivity index (χ4n) is 3.09. The number of nitrogens with two attached hydrogens (primary N) is 1. The van der Waals surface area contributed by atoms with Gasteiger partial charge < -0.3 is 10.8 Å². The smallest absolute Gasteiger partial charge is 0.328 e. The number of aromatic nitrogens is 3. The van der Waals surface area contributed by atoms with E-state index in [0.29, 0.717) is 17.3 Å². The number of benzene rings is 1. The van der Waals surface area contributed by atoms with Gasteiger partial charge in [0.15, 0.2) is 0 Å². The third-order valence-electron chi connectivity index (χ3n) is 4.37. The van der Waals surface area contributed by atoms with Crippen LogP contribution in [0.1, 0.15) is 51.6 Å². The predicted molar refractivity (Wildman–Crippen MR) is 91.3 cm³/mol. The summed E-state index contributed by atoms with van der Waals surface area (Å²) in [6.07, 6.45) is 4.06. The van der Waals surface area contributed by atoms with Crippen molar-refractivity contribution >= 4 is 5.97 Å². The minimum absolute atomic E-state index is 0.0201. The minimum Gasteiger partial charge on any atom is -0.480 e. The zero-order valence-corrected chi connectivity index (χ0v) is 14.7. The highest BCUT2D eigenvalue weighted by atomic mass is 19.1. The zero-order valence-electron chi connectivity index (χ0n) is 14.7. The van der Waals surface area contributed by atoms with Gasteiger partial charge in [-0.05, 0) is 30.7 Å². The quantitative estimate of drug-likeness (QED) is 0.867. The van der Waals surface area contributed by atoms with Gasteiger partial charge in [-0.2, -0.15) is 0 Å². The van der Waals surface area contributed by atoms with Crippen LogP contribution in [0.25, 0.3) is 11.3 Å². The molecule has 1 saturated carbocycles. The fraction of sp³-hybridized carbons (Fsp3) is 0.500. The topological polar surface area (TPSA) is 94.0 Å². The van der Waals surface area contributed by atoms with Crippen LogP contribution in [0.15, 0.2) is 24.4 Å². The normalized spacial score (nSPS) is 17.3. The van der Waals surface area contributed by atoms with Gasteiger partial charge in [0.05, 0.1) is 12.2 Å². The molecule has 0 radical (unpaired) electrons. The van der Waals surface area contributed by atoms with Gasteiger partial charge in [0.2, 0.25) is 0 Å². The highest BCUT2D eigenvalue weighted by Gasteiger charge is 2.41. The van der Waals surface area contributed by atoms with Crippen molar-refractivity contribution in [3.63, 3.8) is 0 Å². The molecule has 1 fully saturated rings. The average molecular weight is 346 g/mol. The number of carboxylic acids is 1. The first-order valence-electron chi connectivity index (χ1n) is 8.35. The number of rotatable bonds is 5. The van der Waals surface area contributed by atoms with Crippen LogP contribution in [0.4, 0.5) is 4.39 Å². The highest BCUT2D eigenvalue weighted by Crippen LogP contribution is 2.37. The lowest BCUT2D eigenvalue weighted by molar-refractivity contribution is -0.145. The van der Waals surface area contributed by atoms with Gasteiger partial charge >= 0.3 is 5.97 Å². The molecule has 0 bridgehead atoms. The van der Waals surface area contributed by atoms with Crippen LogP contribution in [0, 0.1) is 11.2 Å². The summed E-state index contributed by atoms with van der Waals surface area (Å²) in [5.74, 6) is -1.89. The van der Waals surface area contributed by atoms with E-state index in [9.17, 15) is 14.3 Å². The number of hydrogen-bond acceptors (Lipinski definition) is 4. The van der Waals surface area contributed by atoms with E-state index < -0.39 is 17.3 Å². The molecule has 0 saturated heterocycles. The lowest BCUT2D eigenvalue weighted by Gasteiger charge is -2.32. The van der Waals surface area contributed by atoms with Gasteiger partial charge in [-0.3, -0.25) is 0 Å². The largest absolute Gasteiger partial charge is 0.480 e. The third-order valence-corrected chi connectivity index (χ3v) is 4.37. The van der Waals surface area contributed by atoms with E-state index in [4.69, 9.17) is 5.73 Å². The third kappa shape index (κ3) is 3.56. The summed E-state index contributed by atoms with van der Waals surface area (Å²) in [6, 6.07) is 4.76. The van der Waals surface area contributed by atoms with Gasteiger partial charge in [-0.1, -0.05) is 38.1 Å². The van der Waals surface area contributed by atoms with Crippen LogP contribution >= 0.6 is 0 Å². The molecule has 134 valence electrons. The molecule has 3 N–H and O–H groups in total. The second-order valence-electron chi connectivity index (χ2n) is 8.02. The number of carboxylic acid groups (broad SMARTS) is 1. The molecule has 0 aliphatic heterocycles.